The number of aliphatic hydroxyl groups excluding tert-OH is 1. The molecule has 0 aliphatic carbocycles. The second kappa shape index (κ2) is 7.11. The maximum absolute atomic E-state index is 9.50. The Balaban J connectivity index is 1.65. The third-order valence-electron chi connectivity index (χ3n) is 5.98. The summed E-state index contributed by atoms with van der Waals surface area (Å²) in [7, 11) is 0. The second-order valence-electron chi connectivity index (χ2n) is 7.82. The number of ether oxygens (including phenoxy) is 1. The van der Waals surface area contributed by atoms with Crippen LogP contribution in [0.4, 0.5) is 0 Å². The van der Waals surface area contributed by atoms with Gasteiger partial charge in [0.1, 0.15) is 17.4 Å². The van der Waals surface area contributed by atoms with Gasteiger partial charge in [-0.25, -0.2) is 9.98 Å². The van der Waals surface area contributed by atoms with Crippen molar-refractivity contribution < 1.29 is 9.84 Å². The van der Waals surface area contributed by atoms with Crippen molar-refractivity contribution >= 4 is 11.7 Å². The Bertz CT molecular complexity index is 1170. The number of nitrogens with two attached hydrogens (primary N) is 1. The molecule has 0 aromatic heterocycles. The fourth-order valence-electron chi connectivity index (χ4n) is 4.43. The molecule has 3 aromatic rings. The molecule has 0 saturated carbocycles. The van der Waals surface area contributed by atoms with E-state index in [1.165, 1.54) is 0 Å². The van der Waals surface area contributed by atoms with E-state index in [0.29, 0.717) is 12.4 Å². The summed E-state index contributed by atoms with van der Waals surface area (Å²) in [6.45, 7) is 2.00. The molecular weight excluding hydrogens is 374 g/mol. The number of guanidine groups is 1. The van der Waals surface area contributed by atoms with Crippen molar-refractivity contribution in [2.75, 3.05) is 0 Å². The molecule has 1 spiro atoms. The molecule has 2 heterocycles. The van der Waals surface area contributed by atoms with Crippen LogP contribution in [0.1, 0.15) is 36.1 Å². The van der Waals surface area contributed by atoms with Crippen LogP contribution in [-0.4, -0.2) is 16.8 Å². The fraction of sp³-hybridized carbons (Fsp3) is 0.200. The first-order valence-corrected chi connectivity index (χ1v) is 10.1. The predicted molar refractivity (Wildman–Crippen MR) is 119 cm³/mol. The van der Waals surface area contributed by atoms with Gasteiger partial charge in [-0.2, -0.15) is 0 Å². The summed E-state index contributed by atoms with van der Waals surface area (Å²) in [5.41, 5.74) is 11.3. The molecule has 1 unspecified atom stereocenters. The number of benzene rings is 3. The number of aliphatic hydroxyl groups is 1. The van der Waals surface area contributed by atoms with Gasteiger partial charge in [-0.1, -0.05) is 54.6 Å². The van der Waals surface area contributed by atoms with Crippen molar-refractivity contribution in [3.8, 4) is 16.9 Å². The van der Waals surface area contributed by atoms with Gasteiger partial charge in [-0.05, 0) is 47.4 Å². The number of fused-ring (bicyclic) bond motifs is 2. The quantitative estimate of drug-likeness (QED) is 0.689. The minimum Gasteiger partial charge on any atom is -0.485 e. The predicted octanol–water partition coefficient (Wildman–Crippen LogP) is 4.35. The molecule has 2 aliphatic heterocycles. The van der Waals surface area contributed by atoms with Crippen molar-refractivity contribution in [1.29, 1.82) is 0 Å². The average molecular weight is 397 g/mol. The fourth-order valence-corrected chi connectivity index (χ4v) is 4.43. The summed E-state index contributed by atoms with van der Waals surface area (Å²) in [4.78, 5) is 9.30. The Kier molecular flexibility index (Phi) is 4.40. The topological polar surface area (TPSA) is 80.2 Å². The van der Waals surface area contributed by atoms with Crippen LogP contribution in [0.2, 0.25) is 0 Å². The van der Waals surface area contributed by atoms with Crippen LogP contribution in [0, 0.1) is 0 Å². The van der Waals surface area contributed by atoms with Crippen LogP contribution in [0.15, 0.2) is 82.8 Å². The molecule has 5 rings (SSSR count). The molecule has 5 heteroatoms. The van der Waals surface area contributed by atoms with Crippen molar-refractivity contribution in [3.05, 3.63) is 89.5 Å². The largest absolute Gasteiger partial charge is 0.485 e. The number of rotatable bonds is 3. The minimum absolute atomic E-state index is 0.0111. The van der Waals surface area contributed by atoms with E-state index in [9.17, 15) is 5.11 Å². The van der Waals surface area contributed by atoms with Crippen molar-refractivity contribution in [3.63, 3.8) is 0 Å². The molecule has 3 N–H and O–H groups in total. The number of aliphatic imine (C=N–C) groups is 2. The lowest BCUT2D eigenvalue weighted by Crippen LogP contribution is -2.37. The highest BCUT2D eigenvalue weighted by atomic mass is 16.5. The number of hydrogen-bond acceptors (Lipinski definition) is 5. The monoisotopic (exact) mass is 397 g/mol. The van der Waals surface area contributed by atoms with E-state index < -0.39 is 5.54 Å². The summed E-state index contributed by atoms with van der Waals surface area (Å²) >= 11 is 0. The summed E-state index contributed by atoms with van der Waals surface area (Å²) in [5.74, 6) is 1.10. The average Bonchev–Trinajstić information content (AvgIpc) is 3.07. The lowest BCUT2D eigenvalue weighted by Gasteiger charge is -2.38. The first kappa shape index (κ1) is 18.6. The molecule has 30 heavy (non-hydrogen) atoms. The van der Waals surface area contributed by atoms with Gasteiger partial charge in [0.25, 0.3) is 0 Å². The molecule has 150 valence electrons. The van der Waals surface area contributed by atoms with Gasteiger partial charge >= 0.3 is 0 Å². The Morgan fingerprint density at radius 2 is 1.83 bits per heavy atom. The van der Waals surface area contributed by atoms with Gasteiger partial charge in [-0.3, -0.25) is 0 Å². The van der Waals surface area contributed by atoms with Gasteiger partial charge in [0.2, 0.25) is 5.96 Å². The number of nitrogens with zero attached hydrogens (tertiary/aromatic N) is 2. The highest BCUT2D eigenvalue weighted by molar-refractivity contribution is 6.07. The van der Waals surface area contributed by atoms with E-state index >= 15 is 0 Å². The first-order chi connectivity index (χ1) is 14.6. The molecule has 2 atom stereocenters. The molecular formula is C25H23N3O2. The lowest BCUT2D eigenvalue weighted by atomic mass is 9.77. The van der Waals surface area contributed by atoms with Gasteiger partial charge in [0, 0.05) is 12.0 Å². The summed E-state index contributed by atoms with van der Waals surface area (Å²) in [6, 6.07) is 24.3. The Hall–Kier alpha value is -3.44. The molecule has 0 saturated heterocycles. The van der Waals surface area contributed by atoms with E-state index in [1.807, 2.05) is 61.5 Å². The van der Waals surface area contributed by atoms with E-state index in [0.717, 1.165) is 39.3 Å². The zero-order chi connectivity index (χ0) is 20.7. The summed E-state index contributed by atoms with van der Waals surface area (Å²) in [5, 5.41) is 9.50. The maximum Gasteiger partial charge on any atom is 0.216 e. The highest BCUT2D eigenvalue weighted by Gasteiger charge is 2.47. The maximum atomic E-state index is 9.50. The van der Waals surface area contributed by atoms with Crippen LogP contribution >= 0.6 is 0 Å². The second-order valence-corrected chi connectivity index (χ2v) is 7.82. The molecule has 5 nitrogen and oxygen atoms in total. The van der Waals surface area contributed by atoms with E-state index in [4.69, 9.17) is 15.5 Å². The molecule has 0 fully saturated rings. The zero-order valence-electron chi connectivity index (χ0n) is 16.7. The SMILES string of the molecule is CC1=NC(N)=N[C@@]12CC(c1ccccc1)Oc1ccc(-c3cccc(CO)c3)cc12. The van der Waals surface area contributed by atoms with Crippen LogP contribution in [0.25, 0.3) is 11.1 Å². The van der Waals surface area contributed by atoms with Gasteiger partial charge in [0.05, 0.1) is 12.3 Å². The minimum atomic E-state index is -0.636. The van der Waals surface area contributed by atoms with Crippen molar-refractivity contribution in [2.24, 2.45) is 15.7 Å². The summed E-state index contributed by atoms with van der Waals surface area (Å²) in [6.07, 6.45) is 0.502. The van der Waals surface area contributed by atoms with Crippen LogP contribution in [-0.2, 0) is 12.1 Å². The third-order valence-corrected chi connectivity index (χ3v) is 5.98. The smallest absolute Gasteiger partial charge is 0.216 e. The normalized spacial score (nSPS) is 22.3. The van der Waals surface area contributed by atoms with Crippen molar-refractivity contribution in [1.82, 2.24) is 0 Å². The molecule has 2 aliphatic rings. The lowest BCUT2D eigenvalue weighted by molar-refractivity contribution is 0.148. The zero-order valence-corrected chi connectivity index (χ0v) is 16.7. The van der Waals surface area contributed by atoms with Crippen LogP contribution in [0.3, 0.4) is 0 Å². The summed E-state index contributed by atoms with van der Waals surface area (Å²) < 4.78 is 6.42. The molecule has 3 aromatic carbocycles. The third kappa shape index (κ3) is 2.99. The highest BCUT2D eigenvalue weighted by Crippen LogP contribution is 2.50. The van der Waals surface area contributed by atoms with Gasteiger partial charge in [0.15, 0.2) is 0 Å². The Morgan fingerprint density at radius 3 is 2.57 bits per heavy atom. The Labute approximate surface area is 175 Å². The van der Waals surface area contributed by atoms with E-state index in [1.54, 1.807) is 0 Å². The van der Waals surface area contributed by atoms with Crippen LogP contribution < -0.4 is 10.5 Å². The molecule has 0 radical (unpaired) electrons. The van der Waals surface area contributed by atoms with E-state index in [2.05, 4.69) is 23.2 Å². The van der Waals surface area contributed by atoms with Gasteiger partial charge < -0.3 is 15.6 Å². The Morgan fingerprint density at radius 1 is 1.03 bits per heavy atom. The number of hydrogen-bond donors (Lipinski definition) is 2. The van der Waals surface area contributed by atoms with Gasteiger partial charge in [-0.15, -0.1) is 0 Å². The molecule has 0 amide bonds. The molecule has 0 bridgehead atoms. The van der Waals surface area contributed by atoms with Crippen molar-refractivity contribution in [2.45, 2.75) is 31.6 Å². The standard InChI is InChI=1S/C25H23N3O2/c1-16-25(28-24(26)27-16)14-23(18-7-3-2-4-8-18)30-22-11-10-20(13-21(22)25)19-9-5-6-17(12-19)15-29/h2-13,23,29H,14-15H2,1H3,(H2,26,28)/t23?,25-/m0/s1. The first-order valence-electron chi connectivity index (χ1n) is 10.1. The van der Waals surface area contributed by atoms with Crippen LogP contribution in [0.5, 0.6) is 5.75 Å². The van der Waals surface area contributed by atoms with E-state index in [-0.39, 0.29) is 12.7 Å².